The fourth-order valence-corrected chi connectivity index (χ4v) is 2.35. The van der Waals surface area contributed by atoms with Crippen LogP contribution in [0.2, 0.25) is 0 Å². The first-order chi connectivity index (χ1) is 6.94. The highest BCUT2D eigenvalue weighted by Crippen LogP contribution is 2.10. The lowest BCUT2D eigenvalue weighted by molar-refractivity contribution is 0.597. The highest BCUT2D eigenvalue weighted by atomic mass is 32.2. The van der Waals surface area contributed by atoms with Crippen molar-refractivity contribution in [3.8, 4) is 0 Å². The molecule has 1 rings (SSSR count). The summed E-state index contributed by atoms with van der Waals surface area (Å²) in [5.74, 6) is 0.512. The normalized spacial score (nSPS) is 11.7. The minimum Gasteiger partial charge on any atom is -0.330 e. The first-order valence-electron chi connectivity index (χ1n) is 4.66. The van der Waals surface area contributed by atoms with Crippen LogP contribution >= 0.6 is 0 Å². The highest BCUT2D eigenvalue weighted by molar-refractivity contribution is 7.92. The number of aromatic nitrogens is 2. The van der Waals surface area contributed by atoms with Crippen molar-refractivity contribution >= 4 is 15.8 Å². The Morgan fingerprint density at radius 1 is 1.60 bits per heavy atom. The van der Waals surface area contributed by atoms with Crippen molar-refractivity contribution in [3.63, 3.8) is 0 Å². The largest absolute Gasteiger partial charge is 0.330 e. The summed E-state index contributed by atoms with van der Waals surface area (Å²) in [4.78, 5) is 0. The van der Waals surface area contributed by atoms with Gasteiger partial charge in [-0.2, -0.15) is 5.10 Å². The van der Waals surface area contributed by atoms with Crippen molar-refractivity contribution in [1.29, 1.82) is 0 Å². The quantitative estimate of drug-likeness (QED) is 0.737. The van der Waals surface area contributed by atoms with Gasteiger partial charge in [0.2, 0.25) is 10.0 Å². The topological polar surface area (TPSA) is 90.0 Å². The van der Waals surface area contributed by atoms with Crippen LogP contribution in [0.5, 0.6) is 0 Å². The van der Waals surface area contributed by atoms with E-state index in [-0.39, 0.29) is 5.75 Å². The summed E-state index contributed by atoms with van der Waals surface area (Å²) in [6, 6.07) is 1.68. The van der Waals surface area contributed by atoms with E-state index in [0.717, 1.165) is 5.69 Å². The SMILES string of the molecule is Cc1cc(NS(=O)(=O)CCCN)n(C)n1. The maximum atomic E-state index is 11.5. The molecule has 0 unspecified atom stereocenters. The summed E-state index contributed by atoms with van der Waals surface area (Å²) in [6.45, 7) is 2.17. The molecule has 0 fully saturated rings. The molecule has 3 N–H and O–H groups in total. The van der Waals surface area contributed by atoms with E-state index in [4.69, 9.17) is 5.73 Å². The Morgan fingerprint density at radius 3 is 2.73 bits per heavy atom. The summed E-state index contributed by atoms with van der Waals surface area (Å²) < 4.78 is 27.0. The standard InChI is InChI=1S/C8H16N4O2S/c1-7-6-8(12(2)10-7)11-15(13,14)5-3-4-9/h6,11H,3-5,9H2,1-2H3. The molecule has 6 nitrogen and oxygen atoms in total. The van der Waals surface area contributed by atoms with Gasteiger partial charge < -0.3 is 5.73 Å². The zero-order chi connectivity index (χ0) is 11.5. The van der Waals surface area contributed by atoms with Crippen molar-refractivity contribution in [2.75, 3.05) is 17.0 Å². The number of nitrogens with two attached hydrogens (primary N) is 1. The Labute approximate surface area is 89.5 Å². The van der Waals surface area contributed by atoms with Crippen LogP contribution in [0, 0.1) is 6.92 Å². The second-order valence-electron chi connectivity index (χ2n) is 3.36. The molecule has 0 saturated carbocycles. The van der Waals surface area contributed by atoms with Crippen LogP contribution < -0.4 is 10.5 Å². The molecule has 0 spiro atoms. The van der Waals surface area contributed by atoms with Crippen LogP contribution in [0.4, 0.5) is 5.82 Å². The molecule has 0 radical (unpaired) electrons. The molecule has 0 atom stereocenters. The summed E-state index contributed by atoms with van der Waals surface area (Å²) in [7, 11) is -1.61. The number of nitrogens with zero attached hydrogens (tertiary/aromatic N) is 2. The third-order valence-corrected chi connectivity index (χ3v) is 3.23. The first kappa shape index (κ1) is 12.0. The molecule has 1 aromatic rings. The number of anilines is 1. The lowest BCUT2D eigenvalue weighted by atomic mass is 10.5. The number of nitrogens with one attached hydrogen (secondary N) is 1. The molecule has 0 amide bonds. The lowest BCUT2D eigenvalue weighted by Gasteiger charge is -2.06. The third-order valence-electron chi connectivity index (χ3n) is 1.88. The van der Waals surface area contributed by atoms with Gasteiger partial charge in [0.1, 0.15) is 5.82 Å². The molecule has 0 saturated heterocycles. The van der Waals surface area contributed by atoms with Crippen molar-refractivity contribution in [3.05, 3.63) is 11.8 Å². The van der Waals surface area contributed by atoms with E-state index < -0.39 is 10.0 Å². The summed E-state index contributed by atoms with van der Waals surface area (Å²) in [5.41, 5.74) is 6.03. The monoisotopic (exact) mass is 232 g/mol. The first-order valence-corrected chi connectivity index (χ1v) is 6.31. The summed E-state index contributed by atoms with van der Waals surface area (Å²) in [5, 5.41) is 4.04. The van der Waals surface area contributed by atoms with Crippen LogP contribution in [0.1, 0.15) is 12.1 Å². The van der Waals surface area contributed by atoms with Crippen molar-refractivity contribution < 1.29 is 8.42 Å². The van der Waals surface area contributed by atoms with Gasteiger partial charge in [-0.05, 0) is 19.9 Å². The smallest absolute Gasteiger partial charge is 0.233 e. The average Bonchev–Trinajstić information content (AvgIpc) is 2.41. The molecule has 15 heavy (non-hydrogen) atoms. The molecule has 0 aliphatic carbocycles. The van der Waals surface area contributed by atoms with Crippen molar-refractivity contribution in [2.24, 2.45) is 12.8 Å². The number of hydrogen-bond acceptors (Lipinski definition) is 4. The van der Waals surface area contributed by atoms with Gasteiger partial charge in [-0.3, -0.25) is 9.40 Å². The third kappa shape index (κ3) is 3.52. The van der Waals surface area contributed by atoms with Gasteiger partial charge in [-0.25, -0.2) is 8.42 Å². The second-order valence-corrected chi connectivity index (χ2v) is 5.20. The maximum absolute atomic E-state index is 11.5. The van der Waals surface area contributed by atoms with Crippen molar-refractivity contribution in [1.82, 2.24) is 9.78 Å². The van der Waals surface area contributed by atoms with Crippen LogP contribution in [-0.4, -0.2) is 30.5 Å². The van der Waals surface area contributed by atoms with Gasteiger partial charge >= 0.3 is 0 Å². The minimum absolute atomic E-state index is 0.0354. The zero-order valence-corrected chi connectivity index (χ0v) is 9.71. The van der Waals surface area contributed by atoms with Crippen LogP contribution in [0.3, 0.4) is 0 Å². The van der Waals surface area contributed by atoms with E-state index in [9.17, 15) is 8.42 Å². The molecular weight excluding hydrogens is 216 g/mol. The van der Waals surface area contributed by atoms with Gasteiger partial charge in [0.15, 0.2) is 0 Å². The molecule has 1 aromatic heterocycles. The Hall–Kier alpha value is -1.08. The molecule has 0 aliphatic rings. The molecule has 7 heteroatoms. The van der Waals surface area contributed by atoms with Crippen LogP contribution in [0.15, 0.2) is 6.07 Å². The van der Waals surface area contributed by atoms with E-state index in [2.05, 4.69) is 9.82 Å². The Balaban J connectivity index is 2.73. The Morgan fingerprint density at radius 2 is 2.27 bits per heavy atom. The predicted molar refractivity (Wildman–Crippen MR) is 59.0 cm³/mol. The number of rotatable bonds is 5. The van der Waals surface area contributed by atoms with E-state index in [0.29, 0.717) is 18.8 Å². The van der Waals surface area contributed by atoms with Crippen molar-refractivity contribution in [2.45, 2.75) is 13.3 Å². The molecule has 0 aliphatic heterocycles. The zero-order valence-electron chi connectivity index (χ0n) is 8.90. The fraction of sp³-hybridized carbons (Fsp3) is 0.625. The highest BCUT2D eigenvalue weighted by Gasteiger charge is 2.12. The van der Waals surface area contributed by atoms with E-state index in [1.54, 1.807) is 20.0 Å². The summed E-state index contributed by atoms with van der Waals surface area (Å²) in [6.07, 6.45) is 0.451. The van der Waals surface area contributed by atoms with Gasteiger partial charge in [-0.15, -0.1) is 0 Å². The van der Waals surface area contributed by atoms with E-state index in [1.807, 2.05) is 0 Å². The number of hydrogen-bond donors (Lipinski definition) is 2. The molecule has 0 aromatic carbocycles. The fourth-order valence-electron chi connectivity index (χ4n) is 1.19. The number of sulfonamides is 1. The van der Waals surface area contributed by atoms with E-state index >= 15 is 0 Å². The van der Waals surface area contributed by atoms with Gasteiger partial charge in [0, 0.05) is 13.1 Å². The minimum atomic E-state index is -3.30. The Kier molecular flexibility index (Phi) is 3.70. The lowest BCUT2D eigenvalue weighted by Crippen LogP contribution is -2.20. The van der Waals surface area contributed by atoms with Gasteiger partial charge in [0.25, 0.3) is 0 Å². The predicted octanol–water partition coefficient (Wildman–Crippen LogP) is -0.181. The van der Waals surface area contributed by atoms with Crippen LogP contribution in [0.25, 0.3) is 0 Å². The average molecular weight is 232 g/mol. The molecule has 0 bridgehead atoms. The van der Waals surface area contributed by atoms with E-state index in [1.165, 1.54) is 4.68 Å². The Bertz CT molecular complexity index is 424. The molecule has 1 heterocycles. The van der Waals surface area contributed by atoms with Gasteiger partial charge in [-0.1, -0.05) is 0 Å². The molecule has 86 valence electrons. The maximum Gasteiger partial charge on any atom is 0.233 e. The molecular formula is C8H16N4O2S. The second kappa shape index (κ2) is 4.63. The van der Waals surface area contributed by atoms with Crippen LogP contribution in [-0.2, 0) is 17.1 Å². The summed E-state index contributed by atoms with van der Waals surface area (Å²) >= 11 is 0. The number of aryl methyl sites for hydroxylation is 2. The van der Waals surface area contributed by atoms with Gasteiger partial charge in [0.05, 0.1) is 11.4 Å².